The molecular formula is C23H29NO2Si. The first-order valence-electron chi connectivity index (χ1n) is 9.93. The van der Waals surface area contributed by atoms with Crippen molar-refractivity contribution in [3.8, 4) is 0 Å². The fraction of sp³-hybridized carbons (Fsp3) is 0.435. The lowest BCUT2D eigenvalue weighted by Gasteiger charge is -2.45. The number of benzene rings is 2. The van der Waals surface area contributed by atoms with Crippen LogP contribution in [0.3, 0.4) is 0 Å². The van der Waals surface area contributed by atoms with E-state index in [1.807, 2.05) is 0 Å². The van der Waals surface area contributed by atoms with Crippen LogP contribution in [-0.2, 0) is 9.22 Å². The first-order valence-corrected chi connectivity index (χ1v) is 11.8. The van der Waals surface area contributed by atoms with Crippen LogP contribution >= 0.6 is 0 Å². The summed E-state index contributed by atoms with van der Waals surface area (Å²) in [6, 6.07) is 21.5. The van der Waals surface area contributed by atoms with E-state index >= 15 is 0 Å². The van der Waals surface area contributed by atoms with Crippen LogP contribution in [0.5, 0.6) is 0 Å². The average molecular weight is 380 g/mol. The van der Waals surface area contributed by atoms with Gasteiger partial charge >= 0.3 is 0 Å². The van der Waals surface area contributed by atoms with Crippen LogP contribution in [0.15, 0.2) is 60.7 Å². The molecular weight excluding hydrogens is 350 g/mol. The van der Waals surface area contributed by atoms with Gasteiger partial charge in [-0.25, -0.2) is 0 Å². The predicted octanol–water partition coefficient (Wildman–Crippen LogP) is 3.07. The van der Waals surface area contributed by atoms with Gasteiger partial charge in [-0.05, 0) is 40.1 Å². The summed E-state index contributed by atoms with van der Waals surface area (Å²) in [7, 11) is -2.49. The highest BCUT2D eigenvalue weighted by Crippen LogP contribution is 2.58. The van der Waals surface area contributed by atoms with E-state index in [1.54, 1.807) is 0 Å². The molecule has 1 amide bonds. The minimum Gasteiger partial charge on any atom is -0.404 e. The Kier molecular flexibility index (Phi) is 4.51. The molecule has 2 saturated carbocycles. The first-order chi connectivity index (χ1) is 12.8. The molecule has 2 aromatic rings. The van der Waals surface area contributed by atoms with Gasteiger partial charge in [0.05, 0.1) is 0 Å². The van der Waals surface area contributed by atoms with Crippen molar-refractivity contribution < 1.29 is 9.22 Å². The molecule has 27 heavy (non-hydrogen) atoms. The predicted molar refractivity (Wildman–Crippen MR) is 111 cm³/mol. The van der Waals surface area contributed by atoms with Crippen LogP contribution in [0.4, 0.5) is 0 Å². The molecule has 2 fully saturated rings. The number of amides is 1. The van der Waals surface area contributed by atoms with Crippen LogP contribution in [0.1, 0.15) is 33.6 Å². The van der Waals surface area contributed by atoms with Crippen molar-refractivity contribution in [2.45, 2.75) is 44.8 Å². The van der Waals surface area contributed by atoms with Gasteiger partial charge in [-0.3, -0.25) is 4.79 Å². The molecule has 0 heterocycles. The number of hydrogen-bond donors (Lipinski definition) is 1. The zero-order valence-corrected chi connectivity index (χ0v) is 17.4. The highest BCUT2D eigenvalue weighted by atomic mass is 28.4. The van der Waals surface area contributed by atoms with Crippen LogP contribution in [0.25, 0.3) is 0 Å². The average Bonchev–Trinajstić information content (AvgIpc) is 3.17. The lowest BCUT2D eigenvalue weighted by atomic mass is 10.1. The number of rotatable bonds is 5. The van der Waals surface area contributed by atoms with Gasteiger partial charge in [-0.2, -0.15) is 0 Å². The third-order valence-electron chi connectivity index (χ3n) is 6.49. The maximum Gasteiger partial charge on any atom is 0.261 e. The normalized spacial score (nSPS) is 27.2. The van der Waals surface area contributed by atoms with Gasteiger partial charge in [-0.15, -0.1) is 0 Å². The minimum atomic E-state index is -2.49. The van der Waals surface area contributed by atoms with E-state index < -0.39 is 8.32 Å². The van der Waals surface area contributed by atoms with Crippen molar-refractivity contribution in [3.63, 3.8) is 0 Å². The molecule has 4 rings (SSSR count). The van der Waals surface area contributed by atoms with Crippen molar-refractivity contribution >= 4 is 24.6 Å². The number of nitrogens with two attached hydrogens (primary N) is 1. The lowest BCUT2D eigenvalue weighted by Crippen LogP contribution is -2.67. The van der Waals surface area contributed by atoms with Crippen LogP contribution in [0.2, 0.25) is 5.04 Å². The zero-order chi connectivity index (χ0) is 19.2. The summed E-state index contributed by atoms with van der Waals surface area (Å²) in [5, 5.41) is 2.62. The van der Waals surface area contributed by atoms with Gasteiger partial charge in [-0.1, -0.05) is 81.4 Å². The third kappa shape index (κ3) is 3.05. The van der Waals surface area contributed by atoms with E-state index in [1.165, 1.54) is 10.4 Å². The summed E-state index contributed by atoms with van der Waals surface area (Å²) in [5.74, 6) is 0.828. The van der Waals surface area contributed by atoms with E-state index in [0.29, 0.717) is 11.8 Å². The summed E-state index contributed by atoms with van der Waals surface area (Å²) in [5.41, 5.74) is 5.54. The lowest BCUT2D eigenvalue weighted by molar-refractivity contribution is -0.120. The second kappa shape index (κ2) is 6.61. The largest absolute Gasteiger partial charge is 0.404 e. The number of fused-ring (bicyclic) bond motifs is 1. The van der Waals surface area contributed by atoms with Gasteiger partial charge in [0.1, 0.15) is 0 Å². The van der Waals surface area contributed by atoms with E-state index in [0.717, 1.165) is 12.8 Å². The summed E-state index contributed by atoms with van der Waals surface area (Å²) in [4.78, 5) is 11.6. The molecule has 3 nitrogen and oxygen atoms in total. The Morgan fingerprint density at radius 2 is 1.37 bits per heavy atom. The summed E-state index contributed by atoms with van der Waals surface area (Å²) in [6.07, 6.45) is 2.13. The number of carbonyl (C=O) groups excluding carboxylic acids is 1. The van der Waals surface area contributed by atoms with Gasteiger partial charge in [0.15, 0.2) is 0 Å². The van der Waals surface area contributed by atoms with Gasteiger partial charge in [0.25, 0.3) is 8.32 Å². The minimum absolute atomic E-state index is 0.00836. The Bertz CT molecular complexity index is 764. The second-order valence-corrected chi connectivity index (χ2v) is 13.4. The molecule has 1 unspecified atom stereocenters. The van der Waals surface area contributed by atoms with Crippen LogP contribution in [-0.4, -0.2) is 20.3 Å². The molecule has 2 aromatic carbocycles. The number of primary amides is 1. The Hall–Kier alpha value is -1.91. The number of carbonyl (C=O) groups is 1. The van der Waals surface area contributed by atoms with Crippen molar-refractivity contribution in [2.75, 3.05) is 0 Å². The standard InChI is InChI=1S/C23H29NO2Si/c1-23(2,3)27(17-10-6-4-7-11-17,18-12-8-5-9-13-18)26-16-14-19-20(15-16)21(19)22(24)25/h4-13,16,19-21H,14-15H2,1-3H3,(H2,24,25)/t16?,19-,20+,21+. The number of hydrogen-bond acceptors (Lipinski definition) is 2. The first kappa shape index (κ1) is 18.5. The molecule has 0 spiro atoms. The summed E-state index contributed by atoms with van der Waals surface area (Å²) >= 11 is 0. The van der Waals surface area contributed by atoms with Gasteiger partial charge in [0.2, 0.25) is 5.91 Å². The van der Waals surface area contributed by atoms with Crippen molar-refractivity contribution in [1.29, 1.82) is 0 Å². The molecule has 0 saturated heterocycles. The van der Waals surface area contributed by atoms with Crippen molar-refractivity contribution in [1.82, 2.24) is 0 Å². The SMILES string of the molecule is CC(C)(C)[Si](OC1C[C@@H]2[C@H](C1)[C@H]2C(N)=O)(c1ccccc1)c1ccccc1. The van der Waals surface area contributed by atoms with Crippen molar-refractivity contribution in [3.05, 3.63) is 60.7 Å². The summed E-state index contributed by atoms with van der Waals surface area (Å²) < 4.78 is 7.15. The molecule has 0 aliphatic heterocycles. The van der Waals surface area contributed by atoms with Crippen LogP contribution in [0, 0.1) is 17.8 Å². The van der Waals surface area contributed by atoms with E-state index in [9.17, 15) is 4.79 Å². The highest BCUT2D eigenvalue weighted by molar-refractivity contribution is 6.99. The summed E-state index contributed by atoms with van der Waals surface area (Å²) in [6.45, 7) is 6.92. The molecule has 2 aliphatic rings. The fourth-order valence-electron chi connectivity index (χ4n) is 5.25. The Balaban J connectivity index is 1.72. The molecule has 0 radical (unpaired) electrons. The molecule has 2 aliphatic carbocycles. The second-order valence-electron chi connectivity index (χ2n) is 9.13. The third-order valence-corrected chi connectivity index (χ3v) is 11.6. The van der Waals surface area contributed by atoms with Crippen LogP contribution < -0.4 is 16.1 Å². The zero-order valence-electron chi connectivity index (χ0n) is 16.4. The van der Waals surface area contributed by atoms with E-state index in [4.69, 9.17) is 10.2 Å². The maximum absolute atomic E-state index is 11.6. The topological polar surface area (TPSA) is 52.3 Å². The smallest absolute Gasteiger partial charge is 0.261 e. The molecule has 0 aromatic heterocycles. The maximum atomic E-state index is 11.6. The van der Waals surface area contributed by atoms with E-state index in [-0.39, 0.29) is 23.0 Å². The molecule has 4 atom stereocenters. The highest BCUT2D eigenvalue weighted by Gasteiger charge is 2.61. The Labute approximate surface area is 163 Å². The monoisotopic (exact) mass is 379 g/mol. The molecule has 4 heteroatoms. The molecule has 2 N–H and O–H groups in total. The van der Waals surface area contributed by atoms with Gasteiger partial charge in [0, 0.05) is 12.0 Å². The van der Waals surface area contributed by atoms with Crippen molar-refractivity contribution in [2.24, 2.45) is 23.5 Å². The van der Waals surface area contributed by atoms with E-state index in [2.05, 4.69) is 81.4 Å². The molecule has 0 bridgehead atoms. The quantitative estimate of drug-likeness (QED) is 0.812. The van der Waals surface area contributed by atoms with Gasteiger partial charge < -0.3 is 10.2 Å². The fourth-order valence-corrected chi connectivity index (χ4v) is 9.96. The Morgan fingerprint density at radius 3 is 1.74 bits per heavy atom. The molecule has 142 valence electrons. The Morgan fingerprint density at radius 1 is 0.926 bits per heavy atom.